The van der Waals surface area contributed by atoms with Crippen LogP contribution < -0.4 is 5.69 Å². The van der Waals surface area contributed by atoms with Crippen molar-refractivity contribution in [1.82, 2.24) is 19.2 Å². The topological polar surface area (TPSA) is 60.1 Å². The molecule has 0 N–H and O–H groups in total. The average molecular weight is 361 g/mol. The van der Waals surface area contributed by atoms with Gasteiger partial charge < -0.3 is 4.90 Å². The van der Waals surface area contributed by atoms with Crippen molar-refractivity contribution in [2.24, 2.45) is 0 Å². The SMILES string of the molecule is O=C(C1CCCc2nn(Cc3cccc(Cl)c3)c(=O)n21)N1CCCC1. The quantitative estimate of drug-likeness (QED) is 0.843. The first-order valence-electron chi connectivity index (χ1n) is 8.85. The molecule has 1 unspecified atom stereocenters. The van der Waals surface area contributed by atoms with E-state index in [0.717, 1.165) is 50.2 Å². The second-order valence-corrected chi connectivity index (χ2v) is 7.23. The molecule has 1 amide bonds. The van der Waals surface area contributed by atoms with E-state index in [1.54, 1.807) is 10.6 Å². The molecule has 7 heteroatoms. The van der Waals surface area contributed by atoms with E-state index < -0.39 is 6.04 Å². The van der Waals surface area contributed by atoms with Gasteiger partial charge in [0.05, 0.1) is 6.54 Å². The minimum atomic E-state index is -0.400. The maximum Gasteiger partial charge on any atom is 0.346 e. The molecule has 2 aliphatic rings. The summed E-state index contributed by atoms with van der Waals surface area (Å²) in [7, 11) is 0. The van der Waals surface area contributed by atoms with Gasteiger partial charge in [0, 0.05) is 24.5 Å². The second-order valence-electron chi connectivity index (χ2n) is 6.80. The molecule has 4 rings (SSSR count). The fraction of sp³-hybridized carbons (Fsp3) is 0.500. The van der Waals surface area contributed by atoms with Crippen molar-refractivity contribution in [3.8, 4) is 0 Å². The highest BCUT2D eigenvalue weighted by Crippen LogP contribution is 2.25. The van der Waals surface area contributed by atoms with E-state index in [4.69, 9.17) is 11.6 Å². The standard InChI is InChI=1S/C18H21ClN4O2/c19-14-6-3-5-13(11-14)12-22-18(25)23-15(7-4-8-16(23)20-22)17(24)21-9-1-2-10-21/h3,5-6,11,15H,1-2,4,7-10,12H2. The summed E-state index contributed by atoms with van der Waals surface area (Å²) in [5.74, 6) is 0.790. The lowest BCUT2D eigenvalue weighted by Crippen LogP contribution is -2.41. The predicted molar refractivity (Wildman–Crippen MR) is 94.8 cm³/mol. The minimum absolute atomic E-state index is 0.0721. The molecule has 2 aromatic rings. The predicted octanol–water partition coefficient (Wildman–Crippen LogP) is 2.25. The first-order valence-corrected chi connectivity index (χ1v) is 9.23. The minimum Gasteiger partial charge on any atom is -0.341 e. The molecular weight excluding hydrogens is 340 g/mol. The van der Waals surface area contributed by atoms with Crippen LogP contribution in [0.25, 0.3) is 0 Å². The number of carbonyl (C=O) groups excluding carboxylic acids is 1. The average Bonchev–Trinajstić information content (AvgIpc) is 3.24. The Morgan fingerprint density at radius 3 is 2.80 bits per heavy atom. The van der Waals surface area contributed by atoms with E-state index in [9.17, 15) is 9.59 Å². The molecule has 0 spiro atoms. The van der Waals surface area contributed by atoms with E-state index in [2.05, 4.69) is 5.10 Å². The number of rotatable bonds is 3. The van der Waals surface area contributed by atoms with Gasteiger partial charge in [-0.3, -0.25) is 9.36 Å². The third kappa shape index (κ3) is 3.11. The first-order chi connectivity index (χ1) is 12.1. The number of hydrogen-bond donors (Lipinski definition) is 0. The van der Waals surface area contributed by atoms with Gasteiger partial charge in [-0.05, 0) is 43.4 Å². The molecule has 0 saturated carbocycles. The summed E-state index contributed by atoms with van der Waals surface area (Å²) in [5.41, 5.74) is 0.722. The molecule has 2 aliphatic heterocycles. The van der Waals surface area contributed by atoms with Crippen LogP contribution in [-0.2, 0) is 17.8 Å². The van der Waals surface area contributed by atoms with E-state index in [1.807, 2.05) is 23.1 Å². The molecule has 0 aliphatic carbocycles. The number of nitrogens with zero attached hydrogens (tertiary/aromatic N) is 4. The highest BCUT2D eigenvalue weighted by molar-refractivity contribution is 6.30. The molecule has 3 heterocycles. The molecule has 1 fully saturated rings. The van der Waals surface area contributed by atoms with Crippen molar-refractivity contribution in [3.63, 3.8) is 0 Å². The van der Waals surface area contributed by atoms with Crippen LogP contribution in [0.1, 0.15) is 43.1 Å². The van der Waals surface area contributed by atoms with Crippen LogP contribution in [0.5, 0.6) is 0 Å². The van der Waals surface area contributed by atoms with Crippen molar-refractivity contribution in [2.75, 3.05) is 13.1 Å². The Morgan fingerprint density at radius 2 is 2.04 bits per heavy atom. The normalized spacial score (nSPS) is 19.9. The summed E-state index contributed by atoms with van der Waals surface area (Å²) in [6.45, 7) is 1.97. The van der Waals surface area contributed by atoms with E-state index in [0.29, 0.717) is 18.0 Å². The van der Waals surface area contributed by atoms with Crippen molar-refractivity contribution in [2.45, 2.75) is 44.7 Å². The van der Waals surface area contributed by atoms with Gasteiger partial charge in [-0.2, -0.15) is 5.10 Å². The van der Waals surface area contributed by atoms with E-state index in [1.165, 1.54) is 4.68 Å². The highest BCUT2D eigenvalue weighted by Gasteiger charge is 2.34. The number of benzene rings is 1. The maximum absolute atomic E-state index is 12.9. The summed E-state index contributed by atoms with van der Waals surface area (Å²) < 4.78 is 3.07. The van der Waals surface area contributed by atoms with Crippen LogP contribution in [0.2, 0.25) is 5.02 Å². The van der Waals surface area contributed by atoms with Crippen molar-refractivity contribution >= 4 is 17.5 Å². The van der Waals surface area contributed by atoms with Crippen LogP contribution >= 0.6 is 11.6 Å². The van der Waals surface area contributed by atoms with Gasteiger partial charge in [-0.15, -0.1) is 0 Å². The number of carbonyl (C=O) groups is 1. The monoisotopic (exact) mass is 360 g/mol. The van der Waals surface area contributed by atoms with Gasteiger partial charge in [0.2, 0.25) is 5.91 Å². The van der Waals surface area contributed by atoms with Crippen LogP contribution in [0.4, 0.5) is 0 Å². The molecule has 132 valence electrons. The largest absolute Gasteiger partial charge is 0.346 e. The van der Waals surface area contributed by atoms with Crippen molar-refractivity contribution < 1.29 is 4.79 Å². The highest BCUT2D eigenvalue weighted by atomic mass is 35.5. The van der Waals surface area contributed by atoms with Crippen LogP contribution in [0.3, 0.4) is 0 Å². The van der Waals surface area contributed by atoms with Gasteiger partial charge in [-0.25, -0.2) is 9.48 Å². The Bertz CT molecular complexity index is 851. The third-order valence-electron chi connectivity index (χ3n) is 5.05. The molecule has 1 aromatic heterocycles. The van der Waals surface area contributed by atoms with Gasteiger partial charge in [0.25, 0.3) is 0 Å². The number of fused-ring (bicyclic) bond motifs is 1. The zero-order chi connectivity index (χ0) is 17.4. The molecular formula is C18H21ClN4O2. The maximum atomic E-state index is 12.9. The molecule has 1 saturated heterocycles. The smallest absolute Gasteiger partial charge is 0.341 e. The molecule has 25 heavy (non-hydrogen) atoms. The lowest BCUT2D eigenvalue weighted by Gasteiger charge is -2.27. The molecule has 0 radical (unpaired) electrons. The van der Waals surface area contributed by atoms with E-state index in [-0.39, 0.29) is 11.6 Å². The van der Waals surface area contributed by atoms with Crippen molar-refractivity contribution in [1.29, 1.82) is 0 Å². The second kappa shape index (κ2) is 6.67. The molecule has 1 atom stereocenters. The van der Waals surface area contributed by atoms with Crippen LogP contribution in [0, 0.1) is 0 Å². The number of likely N-dealkylation sites (tertiary alicyclic amines) is 1. The van der Waals surface area contributed by atoms with Crippen LogP contribution in [-0.4, -0.2) is 38.2 Å². The summed E-state index contributed by atoms with van der Waals surface area (Å²) in [6, 6.07) is 7.01. The summed E-state index contributed by atoms with van der Waals surface area (Å²) in [6.07, 6.45) is 4.44. The number of halogens is 1. The number of aromatic nitrogens is 3. The van der Waals surface area contributed by atoms with Crippen LogP contribution in [0.15, 0.2) is 29.1 Å². The number of aryl methyl sites for hydroxylation is 1. The summed E-state index contributed by atoms with van der Waals surface area (Å²) in [5, 5.41) is 5.12. The fourth-order valence-corrected chi connectivity index (χ4v) is 4.04. The zero-order valence-electron chi connectivity index (χ0n) is 14.0. The third-order valence-corrected chi connectivity index (χ3v) is 5.29. The molecule has 6 nitrogen and oxygen atoms in total. The lowest BCUT2D eigenvalue weighted by molar-refractivity contribution is -0.134. The zero-order valence-corrected chi connectivity index (χ0v) is 14.8. The Morgan fingerprint density at radius 1 is 1.24 bits per heavy atom. The lowest BCUT2D eigenvalue weighted by atomic mass is 10.0. The van der Waals surface area contributed by atoms with Gasteiger partial charge in [-0.1, -0.05) is 23.7 Å². The van der Waals surface area contributed by atoms with Gasteiger partial charge in [0.1, 0.15) is 11.9 Å². The first kappa shape index (κ1) is 16.4. The van der Waals surface area contributed by atoms with Gasteiger partial charge >= 0.3 is 5.69 Å². The molecule has 1 aromatic carbocycles. The summed E-state index contributed by atoms with van der Waals surface area (Å²) in [4.78, 5) is 27.6. The van der Waals surface area contributed by atoms with Gasteiger partial charge in [0.15, 0.2) is 0 Å². The Balaban J connectivity index is 1.65. The Kier molecular flexibility index (Phi) is 4.37. The van der Waals surface area contributed by atoms with E-state index >= 15 is 0 Å². The van der Waals surface area contributed by atoms with Crippen molar-refractivity contribution in [3.05, 3.63) is 51.2 Å². The number of amides is 1. The Labute approximate surface area is 151 Å². The fourth-order valence-electron chi connectivity index (χ4n) is 3.82. The summed E-state index contributed by atoms with van der Waals surface area (Å²) >= 11 is 6.03. The molecule has 0 bridgehead atoms. The number of hydrogen-bond acceptors (Lipinski definition) is 3. The Hall–Kier alpha value is -2.08.